The van der Waals surface area contributed by atoms with Crippen LogP contribution < -0.4 is 5.32 Å². The number of hydrogen-bond acceptors (Lipinski definition) is 1. The van der Waals surface area contributed by atoms with Crippen LogP contribution in [0.15, 0.2) is 30.3 Å². The molecule has 1 aromatic carbocycles. The Morgan fingerprint density at radius 1 is 1.25 bits per heavy atom. The second kappa shape index (κ2) is 4.94. The summed E-state index contributed by atoms with van der Waals surface area (Å²) in [5.41, 5.74) is 1.36. The Kier molecular flexibility index (Phi) is 3.81. The van der Waals surface area contributed by atoms with E-state index in [1.165, 1.54) is 12.0 Å². The standard InChI is InChI=1S/C11H17N/c1-3-10(2)12-9-11-7-5-4-6-8-11/h4-8,10,12H,3,9H2,1-2H3/t10-/m1/s1. The van der Waals surface area contributed by atoms with E-state index in [1.54, 1.807) is 0 Å². The van der Waals surface area contributed by atoms with Crippen molar-refractivity contribution in [2.45, 2.75) is 32.9 Å². The summed E-state index contributed by atoms with van der Waals surface area (Å²) < 4.78 is 0. The second-order valence-electron chi connectivity index (χ2n) is 3.18. The molecule has 0 aliphatic carbocycles. The Bertz CT molecular complexity index is 206. The molecule has 12 heavy (non-hydrogen) atoms. The highest BCUT2D eigenvalue weighted by atomic mass is 14.9. The van der Waals surface area contributed by atoms with Crippen molar-refractivity contribution in [1.29, 1.82) is 0 Å². The molecule has 0 fully saturated rings. The van der Waals surface area contributed by atoms with Gasteiger partial charge in [-0.3, -0.25) is 0 Å². The lowest BCUT2D eigenvalue weighted by molar-refractivity contribution is 0.534. The smallest absolute Gasteiger partial charge is 0.0207 e. The normalized spacial score (nSPS) is 12.8. The molecule has 0 saturated carbocycles. The van der Waals surface area contributed by atoms with Gasteiger partial charge in [-0.05, 0) is 18.9 Å². The third-order valence-corrected chi connectivity index (χ3v) is 2.11. The molecular weight excluding hydrogens is 146 g/mol. The molecule has 1 N–H and O–H groups in total. The van der Waals surface area contributed by atoms with Gasteiger partial charge in [-0.1, -0.05) is 37.3 Å². The summed E-state index contributed by atoms with van der Waals surface area (Å²) in [7, 11) is 0. The van der Waals surface area contributed by atoms with Gasteiger partial charge in [0.15, 0.2) is 0 Å². The van der Waals surface area contributed by atoms with Gasteiger partial charge in [-0.25, -0.2) is 0 Å². The molecular formula is C11H17N. The summed E-state index contributed by atoms with van der Waals surface area (Å²) in [5.74, 6) is 0. The van der Waals surface area contributed by atoms with Crippen molar-refractivity contribution >= 4 is 0 Å². The van der Waals surface area contributed by atoms with Crippen LogP contribution in [0.1, 0.15) is 25.8 Å². The molecule has 1 heteroatoms. The average Bonchev–Trinajstić information content (AvgIpc) is 2.16. The molecule has 1 nitrogen and oxygen atoms in total. The molecule has 0 spiro atoms. The van der Waals surface area contributed by atoms with Crippen molar-refractivity contribution in [3.63, 3.8) is 0 Å². The quantitative estimate of drug-likeness (QED) is 0.719. The Labute approximate surface area is 74.8 Å². The van der Waals surface area contributed by atoms with Crippen molar-refractivity contribution < 1.29 is 0 Å². The lowest BCUT2D eigenvalue weighted by atomic mass is 10.2. The number of rotatable bonds is 4. The van der Waals surface area contributed by atoms with E-state index in [0.717, 1.165) is 6.54 Å². The van der Waals surface area contributed by atoms with E-state index in [1.807, 2.05) is 6.07 Å². The maximum Gasteiger partial charge on any atom is 0.0207 e. The first kappa shape index (κ1) is 9.27. The number of hydrogen-bond donors (Lipinski definition) is 1. The molecule has 1 aromatic rings. The van der Waals surface area contributed by atoms with Crippen LogP contribution in [-0.2, 0) is 6.54 Å². The topological polar surface area (TPSA) is 12.0 Å². The van der Waals surface area contributed by atoms with Crippen LogP contribution in [0.5, 0.6) is 0 Å². The summed E-state index contributed by atoms with van der Waals surface area (Å²) in [4.78, 5) is 0. The van der Waals surface area contributed by atoms with E-state index in [2.05, 4.69) is 43.4 Å². The zero-order chi connectivity index (χ0) is 8.81. The zero-order valence-electron chi connectivity index (χ0n) is 7.88. The van der Waals surface area contributed by atoms with E-state index in [-0.39, 0.29) is 0 Å². The zero-order valence-corrected chi connectivity index (χ0v) is 7.88. The fourth-order valence-electron chi connectivity index (χ4n) is 1.03. The molecule has 0 unspecified atom stereocenters. The lowest BCUT2D eigenvalue weighted by Gasteiger charge is -2.10. The van der Waals surface area contributed by atoms with Gasteiger partial charge in [-0.15, -0.1) is 0 Å². The summed E-state index contributed by atoms with van der Waals surface area (Å²) in [6.07, 6.45) is 1.19. The predicted octanol–water partition coefficient (Wildman–Crippen LogP) is 2.57. The highest BCUT2D eigenvalue weighted by Crippen LogP contribution is 1.98. The minimum atomic E-state index is 0.616. The van der Waals surface area contributed by atoms with E-state index in [9.17, 15) is 0 Å². The van der Waals surface area contributed by atoms with Gasteiger partial charge in [0.05, 0.1) is 0 Å². The highest BCUT2D eigenvalue weighted by Gasteiger charge is 1.96. The molecule has 0 aromatic heterocycles. The van der Waals surface area contributed by atoms with Crippen molar-refractivity contribution in [2.75, 3.05) is 0 Å². The monoisotopic (exact) mass is 163 g/mol. The van der Waals surface area contributed by atoms with Crippen molar-refractivity contribution in [1.82, 2.24) is 5.32 Å². The van der Waals surface area contributed by atoms with Gasteiger partial charge in [0.1, 0.15) is 0 Å². The minimum absolute atomic E-state index is 0.616. The third-order valence-electron chi connectivity index (χ3n) is 2.11. The van der Waals surface area contributed by atoms with Crippen LogP contribution in [-0.4, -0.2) is 6.04 Å². The highest BCUT2D eigenvalue weighted by molar-refractivity contribution is 5.14. The first-order valence-electron chi connectivity index (χ1n) is 4.60. The molecule has 1 rings (SSSR count). The van der Waals surface area contributed by atoms with Gasteiger partial charge in [0, 0.05) is 12.6 Å². The Balaban J connectivity index is 2.33. The minimum Gasteiger partial charge on any atom is -0.310 e. The molecule has 1 atom stereocenters. The first-order valence-corrected chi connectivity index (χ1v) is 4.60. The fourth-order valence-corrected chi connectivity index (χ4v) is 1.03. The van der Waals surface area contributed by atoms with Crippen molar-refractivity contribution in [3.05, 3.63) is 35.9 Å². The van der Waals surface area contributed by atoms with E-state index < -0.39 is 0 Å². The van der Waals surface area contributed by atoms with E-state index in [4.69, 9.17) is 0 Å². The Morgan fingerprint density at radius 3 is 2.50 bits per heavy atom. The summed E-state index contributed by atoms with van der Waals surface area (Å²) in [6.45, 7) is 5.39. The molecule has 0 aliphatic heterocycles. The van der Waals surface area contributed by atoms with Gasteiger partial charge < -0.3 is 5.32 Å². The van der Waals surface area contributed by atoms with Gasteiger partial charge in [-0.2, -0.15) is 0 Å². The molecule has 0 bridgehead atoms. The predicted molar refractivity (Wildman–Crippen MR) is 53.0 cm³/mol. The number of nitrogens with one attached hydrogen (secondary N) is 1. The summed E-state index contributed by atoms with van der Waals surface area (Å²) >= 11 is 0. The Morgan fingerprint density at radius 2 is 1.92 bits per heavy atom. The Hall–Kier alpha value is -0.820. The average molecular weight is 163 g/mol. The van der Waals surface area contributed by atoms with Gasteiger partial charge in [0.2, 0.25) is 0 Å². The summed E-state index contributed by atoms with van der Waals surface area (Å²) in [6, 6.07) is 11.1. The second-order valence-corrected chi connectivity index (χ2v) is 3.18. The molecule has 66 valence electrons. The van der Waals surface area contributed by atoms with Crippen LogP contribution in [0.25, 0.3) is 0 Å². The van der Waals surface area contributed by atoms with Crippen molar-refractivity contribution in [3.8, 4) is 0 Å². The summed E-state index contributed by atoms with van der Waals surface area (Å²) in [5, 5.41) is 3.45. The third kappa shape index (κ3) is 3.05. The van der Waals surface area contributed by atoms with Crippen LogP contribution in [0.3, 0.4) is 0 Å². The molecule has 0 amide bonds. The molecule has 0 radical (unpaired) electrons. The van der Waals surface area contributed by atoms with Crippen LogP contribution in [0.2, 0.25) is 0 Å². The molecule has 0 aliphatic rings. The van der Waals surface area contributed by atoms with Gasteiger partial charge in [0.25, 0.3) is 0 Å². The largest absolute Gasteiger partial charge is 0.310 e. The maximum atomic E-state index is 3.45. The van der Waals surface area contributed by atoms with E-state index >= 15 is 0 Å². The number of benzene rings is 1. The van der Waals surface area contributed by atoms with Crippen LogP contribution >= 0.6 is 0 Å². The molecule has 0 saturated heterocycles. The lowest BCUT2D eigenvalue weighted by Crippen LogP contribution is -2.24. The van der Waals surface area contributed by atoms with Gasteiger partial charge >= 0.3 is 0 Å². The molecule has 0 heterocycles. The fraction of sp³-hybridized carbons (Fsp3) is 0.455. The van der Waals surface area contributed by atoms with E-state index in [0.29, 0.717) is 6.04 Å². The SMILES string of the molecule is CC[C@@H](C)NCc1ccccc1. The van der Waals surface area contributed by atoms with Crippen LogP contribution in [0.4, 0.5) is 0 Å². The van der Waals surface area contributed by atoms with Crippen molar-refractivity contribution in [2.24, 2.45) is 0 Å². The van der Waals surface area contributed by atoms with Crippen LogP contribution in [0, 0.1) is 0 Å². The first-order chi connectivity index (χ1) is 5.83. The maximum absolute atomic E-state index is 3.45.